The maximum absolute atomic E-state index is 12.7. The molecule has 0 aliphatic heterocycles. The molecule has 10 heteroatoms. The molecule has 390 valence electrons. The maximum Gasteiger partial charge on any atom is 0.472 e. The number of hydrogen-bond donors (Lipinski definition) is 2. The summed E-state index contributed by atoms with van der Waals surface area (Å²) in [6.07, 6.45) is 65.6. The Kier molecular flexibility index (Phi) is 51.3. The first kappa shape index (κ1) is 64.7. The molecule has 2 unspecified atom stereocenters. The summed E-state index contributed by atoms with van der Waals surface area (Å²) in [6, 6.07) is 0. The van der Waals surface area contributed by atoms with Gasteiger partial charge < -0.3 is 20.1 Å². The summed E-state index contributed by atoms with van der Waals surface area (Å²) < 4.78 is 32.9. The van der Waals surface area contributed by atoms with Gasteiger partial charge in [0.25, 0.3) is 0 Å². The van der Waals surface area contributed by atoms with E-state index in [2.05, 4.69) is 74.6 Å². The number of unbranched alkanes of at least 4 members (excludes halogenated alkanes) is 29. The fraction of sp³-hybridized carbons (Fsp3) is 0.789. The number of esters is 2. The Morgan fingerprint density at radius 3 is 1.18 bits per heavy atom. The van der Waals surface area contributed by atoms with Crippen molar-refractivity contribution in [2.75, 3.05) is 26.4 Å². The average Bonchev–Trinajstić information content (AvgIpc) is 3.32. The van der Waals surface area contributed by atoms with Gasteiger partial charge in [0, 0.05) is 19.4 Å². The number of nitrogens with two attached hydrogens (primary N) is 1. The Balaban J connectivity index is 3.93. The van der Waals surface area contributed by atoms with Crippen molar-refractivity contribution in [3.8, 4) is 0 Å². The first-order chi connectivity index (χ1) is 32.8. The van der Waals surface area contributed by atoms with Gasteiger partial charge in [-0.05, 0) is 83.5 Å². The van der Waals surface area contributed by atoms with E-state index in [1.165, 1.54) is 148 Å². The van der Waals surface area contributed by atoms with E-state index in [0.29, 0.717) is 12.8 Å². The molecule has 0 aromatic rings. The van der Waals surface area contributed by atoms with Crippen LogP contribution in [0.25, 0.3) is 0 Å². The SMILES string of the molecule is CCCCC/C=C\C/C=C\CCCCCCCC(=O)OCC(COP(=O)(O)OCCN)OC(=O)CCCCCCCCCCCCCCCCCC/C=C\C/C=C\C/C=C\CCCCCCC. The van der Waals surface area contributed by atoms with Crippen LogP contribution in [-0.4, -0.2) is 49.3 Å². The van der Waals surface area contributed by atoms with Crippen molar-refractivity contribution < 1.29 is 37.6 Å². The Hall–Kier alpha value is -2.29. The Bertz CT molecular complexity index is 1280. The molecule has 0 saturated carbocycles. The summed E-state index contributed by atoms with van der Waals surface area (Å²) in [6.45, 7) is 3.70. The third-order valence-corrected chi connectivity index (χ3v) is 12.9. The van der Waals surface area contributed by atoms with Crippen molar-refractivity contribution in [3.63, 3.8) is 0 Å². The van der Waals surface area contributed by atoms with Crippen LogP contribution in [0.4, 0.5) is 0 Å². The summed E-state index contributed by atoms with van der Waals surface area (Å²) in [5.41, 5.74) is 5.37. The van der Waals surface area contributed by atoms with Gasteiger partial charge in [0.05, 0.1) is 13.2 Å². The predicted molar refractivity (Wildman–Crippen MR) is 284 cm³/mol. The van der Waals surface area contributed by atoms with Gasteiger partial charge in [-0.25, -0.2) is 4.57 Å². The fourth-order valence-electron chi connectivity index (χ4n) is 7.73. The second-order valence-electron chi connectivity index (χ2n) is 18.4. The van der Waals surface area contributed by atoms with Gasteiger partial charge in [-0.1, -0.05) is 222 Å². The second-order valence-corrected chi connectivity index (χ2v) is 19.9. The minimum absolute atomic E-state index is 0.0503. The predicted octanol–water partition coefficient (Wildman–Crippen LogP) is 17.2. The van der Waals surface area contributed by atoms with Crippen LogP contribution in [0.15, 0.2) is 60.8 Å². The molecule has 0 bridgehead atoms. The molecule has 67 heavy (non-hydrogen) atoms. The Morgan fingerprint density at radius 1 is 0.448 bits per heavy atom. The van der Waals surface area contributed by atoms with Gasteiger partial charge in [-0.3, -0.25) is 18.6 Å². The van der Waals surface area contributed by atoms with Crippen molar-refractivity contribution in [1.82, 2.24) is 0 Å². The molecule has 3 N–H and O–H groups in total. The lowest BCUT2D eigenvalue weighted by molar-refractivity contribution is -0.161. The van der Waals surface area contributed by atoms with Gasteiger partial charge in [0.15, 0.2) is 6.10 Å². The normalized spacial score (nSPS) is 13.6. The van der Waals surface area contributed by atoms with Crippen molar-refractivity contribution in [1.29, 1.82) is 0 Å². The van der Waals surface area contributed by atoms with Crippen LogP contribution >= 0.6 is 7.82 Å². The van der Waals surface area contributed by atoms with Gasteiger partial charge in [0.1, 0.15) is 6.61 Å². The van der Waals surface area contributed by atoms with E-state index in [9.17, 15) is 19.0 Å². The molecule has 0 aromatic heterocycles. The van der Waals surface area contributed by atoms with Crippen LogP contribution in [-0.2, 0) is 32.7 Å². The molecule has 0 amide bonds. The standard InChI is InChI=1S/C57H104NO8P/c1-3-5-7-9-11-13-15-17-19-20-21-22-23-24-25-26-27-28-29-30-31-32-33-34-36-38-40-42-44-46-48-50-57(60)66-55(54-65-67(61,62)64-52-51-58)53-63-56(59)49-47-45-43-41-39-37-35-18-16-14-12-10-8-6-4-2/h12,14-15,17-18,20-21,23-24,35,55H,3-11,13,16,19,22,25-34,36-54,58H2,1-2H3,(H,61,62)/b14-12-,17-15-,21-20-,24-23-,35-18-. The summed E-state index contributed by atoms with van der Waals surface area (Å²) in [5, 5.41) is 0. The number of allylic oxidation sites excluding steroid dienone is 10. The van der Waals surface area contributed by atoms with Crippen LogP contribution in [0.2, 0.25) is 0 Å². The molecular weight excluding hydrogens is 858 g/mol. The third-order valence-electron chi connectivity index (χ3n) is 11.9. The van der Waals surface area contributed by atoms with E-state index in [4.69, 9.17) is 24.3 Å². The number of carbonyl (C=O) groups is 2. The van der Waals surface area contributed by atoms with Gasteiger partial charge in [-0.2, -0.15) is 0 Å². The van der Waals surface area contributed by atoms with Crippen LogP contribution in [0, 0.1) is 0 Å². The summed E-state index contributed by atoms with van der Waals surface area (Å²) >= 11 is 0. The topological polar surface area (TPSA) is 134 Å². The van der Waals surface area contributed by atoms with Crippen LogP contribution in [0.1, 0.15) is 258 Å². The van der Waals surface area contributed by atoms with Crippen molar-refractivity contribution >= 4 is 19.8 Å². The molecule has 0 radical (unpaired) electrons. The van der Waals surface area contributed by atoms with Crippen molar-refractivity contribution in [2.24, 2.45) is 5.73 Å². The molecule has 0 aliphatic carbocycles. The fourth-order valence-corrected chi connectivity index (χ4v) is 8.50. The van der Waals surface area contributed by atoms with Gasteiger partial charge in [-0.15, -0.1) is 0 Å². The number of hydrogen-bond acceptors (Lipinski definition) is 8. The lowest BCUT2D eigenvalue weighted by Gasteiger charge is -2.19. The highest BCUT2D eigenvalue weighted by molar-refractivity contribution is 7.47. The lowest BCUT2D eigenvalue weighted by atomic mass is 10.0. The highest BCUT2D eigenvalue weighted by Gasteiger charge is 2.26. The zero-order valence-corrected chi connectivity index (χ0v) is 44.3. The zero-order chi connectivity index (χ0) is 48.8. The lowest BCUT2D eigenvalue weighted by Crippen LogP contribution is -2.29. The average molecular weight is 962 g/mol. The quantitative estimate of drug-likeness (QED) is 0.0264. The number of ether oxygens (including phenoxy) is 2. The van der Waals surface area contributed by atoms with E-state index in [1.54, 1.807) is 0 Å². The summed E-state index contributed by atoms with van der Waals surface area (Å²) in [7, 11) is -4.39. The molecule has 0 aliphatic rings. The zero-order valence-electron chi connectivity index (χ0n) is 43.4. The van der Waals surface area contributed by atoms with Crippen LogP contribution in [0.3, 0.4) is 0 Å². The number of phosphoric ester groups is 1. The monoisotopic (exact) mass is 962 g/mol. The maximum atomic E-state index is 12.7. The van der Waals surface area contributed by atoms with E-state index in [0.717, 1.165) is 70.6 Å². The molecule has 0 aromatic carbocycles. The number of carbonyl (C=O) groups excluding carboxylic acids is 2. The molecular formula is C57H104NO8P. The molecule has 0 heterocycles. The number of rotatable bonds is 52. The number of phosphoric acid groups is 1. The largest absolute Gasteiger partial charge is 0.472 e. The summed E-state index contributed by atoms with van der Waals surface area (Å²) in [5.74, 6) is -0.839. The van der Waals surface area contributed by atoms with Crippen LogP contribution < -0.4 is 5.73 Å². The first-order valence-electron chi connectivity index (χ1n) is 27.8. The highest BCUT2D eigenvalue weighted by Crippen LogP contribution is 2.43. The van der Waals surface area contributed by atoms with E-state index in [-0.39, 0.29) is 32.6 Å². The minimum Gasteiger partial charge on any atom is -0.462 e. The van der Waals surface area contributed by atoms with E-state index in [1.807, 2.05) is 0 Å². The van der Waals surface area contributed by atoms with E-state index >= 15 is 0 Å². The summed E-state index contributed by atoms with van der Waals surface area (Å²) in [4.78, 5) is 35.1. The van der Waals surface area contributed by atoms with Crippen LogP contribution in [0.5, 0.6) is 0 Å². The Labute approximate surface area is 412 Å². The van der Waals surface area contributed by atoms with Gasteiger partial charge >= 0.3 is 19.8 Å². The molecule has 0 rings (SSSR count). The smallest absolute Gasteiger partial charge is 0.462 e. The van der Waals surface area contributed by atoms with Crippen molar-refractivity contribution in [3.05, 3.63) is 60.8 Å². The Morgan fingerprint density at radius 2 is 0.776 bits per heavy atom. The van der Waals surface area contributed by atoms with E-state index < -0.39 is 32.5 Å². The molecule has 9 nitrogen and oxygen atoms in total. The molecule has 0 saturated heterocycles. The first-order valence-corrected chi connectivity index (χ1v) is 29.3. The molecule has 0 fully saturated rings. The second kappa shape index (κ2) is 53.1. The minimum atomic E-state index is -4.39. The molecule has 0 spiro atoms. The molecule has 2 atom stereocenters. The van der Waals surface area contributed by atoms with Crippen molar-refractivity contribution in [2.45, 2.75) is 264 Å². The third kappa shape index (κ3) is 52.9. The van der Waals surface area contributed by atoms with Gasteiger partial charge in [0.2, 0.25) is 0 Å². The highest BCUT2D eigenvalue weighted by atomic mass is 31.2.